The van der Waals surface area contributed by atoms with Gasteiger partial charge in [-0.05, 0) is 55.8 Å². The highest BCUT2D eigenvalue weighted by Crippen LogP contribution is 2.58. The lowest BCUT2D eigenvalue weighted by molar-refractivity contribution is -0.118. The first-order valence-corrected chi connectivity index (χ1v) is 12.4. The fourth-order valence-corrected chi connectivity index (χ4v) is 6.11. The number of aliphatic hydroxyl groups excluding tert-OH is 1. The first-order valence-electron chi connectivity index (χ1n) is 12.4. The lowest BCUT2D eigenvalue weighted by atomic mass is 9.95. The second kappa shape index (κ2) is 8.16. The molecule has 4 fully saturated rings. The van der Waals surface area contributed by atoms with Crippen LogP contribution in [0.3, 0.4) is 0 Å². The Labute approximate surface area is 200 Å². The maximum atomic E-state index is 12.8. The number of aliphatic hydroxyl groups is 1. The minimum atomic E-state index is -0.436. The molecule has 0 unspecified atom stereocenters. The van der Waals surface area contributed by atoms with Crippen LogP contribution in [-0.4, -0.2) is 85.1 Å². The molecule has 1 aromatic heterocycles. The summed E-state index contributed by atoms with van der Waals surface area (Å²) in [5, 5.41) is 15.6. The number of carbonyl (C=O) groups is 1. The molecule has 4 aliphatic rings. The number of aromatic nitrogens is 1. The van der Waals surface area contributed by atoms with Crippen LogP contribution in [-0.2, 0) is 14.3 Å². The van der Waals surface area contributed by atoms with E-state index in [1.807, 2.05) is 12.3 Å². The number of pyridine rings is 1. The van der Waals surface area contributed by atoms with Gasteiger partial charge in [0.25, 0.3) is 0 Å². The molecule has 6 rings (SSSR count). The number of rotatable bonds is 4. The zero-order valence-electron chi connectivity index (χ0n) is 20.0. The van der Waals surface area contributed by atoms with Gasteiger partial charge < -0.3 is 24.8 Å². The molecule has 0 radical (unpaired) electrons. The molecule has 2 N–H and O–H groups in total. The van der Waals surface area contributed by atoms with Crippen molar-refractivity contribution in [2.45, 2.75) is 38.3 Å². The molecule has 1 spiro atoms. The zero-order valence-corrected chi connectivity index (χ0v) is 20.0. The molecule has 34 heavy (non-hydrogen) atoms. The van der Waals surface area contributed by atoms with Crippen molar-refractivity contribution in [1.82, 2.24) is 9.88 Å². The van der Waals surface area contributed by atoms with Gasteiger partial charge in [-0.3, -0.25) is 9.69 Å². The van der Waals surface area contributed by atoms with Gasteiger partial charge in [0, 0.05) is 61.4 Å². The second-order valence-electron chi connectivity index (χ2n) is 10.8. The Bertz CT molecular complexity index is 1110. The lowest BCUT2D eigenvalue weighted by Gasteiger charge is -2.45. The highest BCUT2D eigenvalue weighted by molar-refractivity contribution is 5.97. The first kappa shape index (κ1) is 22.2. The second-order valence-corrected chi connectivity index (χ2v) is 10.8. The average molecular weight is 467 g/mol. The van der Waals surface area contributed by atoms with Crippen LogP contribution in [0.5, 0.6) is 0 Å². The monoisotopic (exact) mass is 466 g/mol. The third-order valence-electron chi connectivity index (χ3n) is 8.66. The van der Waals surface area contributed by atoms with Gasteiger partial charge in [0.2, 0.25) is 5.91 Å². The number of aryl methyl sites for hydroxylation is 1. The van der Waals surface area contributed by atoms with Gasteiger partial charge in [-0.15, -0.1) is 0 Å². The number of nitrogens with one attached hydrogen (secondary N) is 1. The van der Waals surface area contributed by atoms with Crippen LogP contribution in [0.15, 0.2) is 24.4 Å². The van der Waals surface area contributed by atoms with Crippen molar-refractivity contribution in [3.8, 4) is 0 Å². The molecule has 4 atom stereocenters. The van der Waals surface area contributed by atoms with Crippen LogP contribution in [0, 0.1) is 18.3 Å². The Morgan fingerprint density at radius 3 is 2.68 bits per heavy atom. The van der Waals surface area contributed by atoms with Crippen LogP contribution < -0.4 is 10.2 Å². The molecule has 3 saturated heterocycles. The van der Waals surface area contributed by atoms with Crippen molar-refractivity contribution in [2.24, 2.45) is 11.3 Å². The Balaban J connectivity index is 1.16. The molecule has 1 saturated carbocycles. The van der Waals surface area contributed by atoms with E-state index in [1.54, 1.807) is 0 Å². The van der Waals surface area contributed by atoms with Gasteiger partial charge in [0.05, 0.1) is 31.5 Å². The largest absolute Gasteiger partial charge is 0.389 e. The summed E-state index contributed by atoms with van der Waals surface area (Å²) in [4.78, 5) is 22.1. The Morgan fingerprint density at radius 2 is 1.97 bits per heavy atom. The highest BCUT2D eigenvalue weighted by Gasteiger charge is 2.59. The molecule has 0 bridgehead atoms. The summed E-state index contributed by atoms with van der Waals surface area (Å²) in [6.07, 6.45) is 3.32. The first-order chi connectivity index (χ1) is 16.4. The van der Waals surface area contributed by atoms with Gasteiger partial charge in [0.1, 0.15) is 5.82 Å². The van der Waals surface area contributed by atoms with Gasteiger partial charge in [-0.1, -0.05) is 0 Å². The van der Waals surface area contributed by atoms with Crippen LogP contribution in [0.4, 0.5) is 11.5 Å². The van der Waals surface area contributed by atoms with E-state index in [0.717, 1.165) is 56.4 Å². The van der Waals surface area contributed by atoms with Gasteiger partial charge in [-0.25, -0.2) is 4.98 Å². The molecular formula is C26H34N4O4. The topological polar surface area (TPSA) is 87.2 Å². The SMILES string of the molecule is Cc1cc2cnc(NC(=O)[C@H]3C[C@]34CCOC4)cc2cc1N1CCN([C@]2(C)COC[C@@H]2O)CC1. The molecule has 3 aliphatic heterocycles. The minimum absolute atomic E-state index is 0.0445. The van der Waals surface area contributed by atoms with E-state index >= 15 is 0 Å². The molecule has 8 heteroatoms. The smallest absolute Gasteiger partial charge is 0.229 e. The van der Waals surface area contributed by atoms with Crippen molar-refractivity contribution < 1.29 is 19.4 Å². The number of nitrogens with zero attached hydrogens (tertiary/aromatic N) is 3. The van der Waals surface area contributed by atoms with E-state index in [2.05, 4.69) is 46.1 Å². The molecule has 8 nitrogen and oxygen atoms in total. The summed E-state index contributed by atoms with van der Waals surface area (Å²) in [7, 11) is 0. The number of carbonyl (C=O) groups excluding carboxylic acids is 1. The molecule has 2 aromatic rings. The van der Waals surface area contributed by atoms with Gasteiger partial charge >= 0.3 is 0 Å². The standard InChI is InChI=1S/C26H34N4O4/c1-17-9-19-13-27-23(28-24(32)20-12-26(20)3-8-33-16-26)11-18(19)10-21(17)29-4-6-30(7-5-29)25(2)15-34-14-22(25)31/h9-11,13,20,22,31H,3-8,12,14-16H2,1-2H3,(H,27,28,32)/t20-,22+,25-,26+/m1/s1. The summed E-state index contributed by atoms with van der Waals surface area (Å²) < 4.78 is 11.1. The number of fused-ring (bicyclic) bond motifs is 1. The number of ether oxygens (including phenoxy) is 2. The number of hydrogen-bond donors (Lipinski definition) is 2. The van der Waals surface area contributed by atoms with Crippen molar-refractivity contribution in [2.75, 3.05) is 62.8 Å². The van der Waals surface area contributed by atoms with Crippen LogP contribution in [0.2, 0.25) is 0 Å². The van der Waals surface area contributed by atoms with Crippen LogP contribution in [0.1, 0.15) is 25.3 Å². The Kier molecular flexibility index (Phi) is 5.33. The molecule has 4 heterocycles. The number of hydrogen-bond acceptors (Lipinski definition) is 7. The Hall–Kier alpha value is -2.26. The Morgan fingerprint density at radius 1 is 1.15 bits per heavy atom. The number of amides is 1. The minimum Gasteiger partial charge on any atom is -0.389 e. The number of benzene rings is 1. The molecule has 1 aromatic carbocycles. The van der Waals surface area contributed by atoms with E-state index in [9.17, 15) is 9.90 Å². The number of piperazine rings is 1. The van der Waals surface area contributed by atoms with Crippen LogP contribution >= 0.6 is 0 Å². The normalized spacial score (nSPS) is 33.7. The average Bonchev–Trinajstić information content (AvgIpc) is 3.14. The van der Waals surface area contributed by atoms with Crippen molar-refractivity contribution >= 4 is 28.2 Å². The summed E-state index contributed by atoms with van der Waals surface area (Å²) >= 11 is 0. The molecular weight excluding hydrogens is 432 g/mol. The lowest BCUT2D eigenvalue weighted by Crippen LogP contribution is -2.60. The summed E-state index contributed by atoms with van der Waals surface area (Å²) in [6.45, 7) is 10.3. The van der Waals surface area contributed by atoms with E-state index in [-0.39, 0.29) is 22.8 Å². The van der Waals surface area contributed by atoms with E-state index in [4.69, 9.17) is 9.47 Å². The number of anilines is 2. The third kappa shape index (κ3) is 3.68. The van der Waals surface area contributed by atoms with Crippen molar-refractivity contribution in [3.63, 3.8) is 0 Å². The maximum Gasteiger partial charge on any atom is 0.229 e. The molecule has 1 aliphatic carbocycles. The van der Waals surface area contributed by atoms with Crippen molar-refractivity contribution in [1.29, 1.82) is 0 Å². The zero-order chi connectivity index (χ0) is 23.5. The third-order valence-corrected chi connectivity index (χ3v) is 8.66. The van der Waals surface area contributed by atoms with Gasteiger partial charge in [0.15, 0.2) is 0 Å². The summed E-state index contributed by atoms with van der Waals surface area (Å²) in [5.74, 6) is 0.719. The quantitative estimate of drug-likeness (QED) is 0.714. The van der Waals surface area contributed by atoms with E-state index in [1.165, 1.54) is 11.3 Å². The maximum absolute atomic E-state index is 12.8. The predicted octanol–water partition coefficient (Wildman–Crippen LogP) is 2.18. The van der Waals surface area contributed by atoms with Crippen molar-refractivity contribution in [3.05, 3.63) is 30.0 Å². The fourth-order valence-electron chi connectivity index (χ4n) is 6.11. The van der Waals surface area contributed by atoms with E-state index < -0.39 is 6.10 Å². The molecule has 182 valence electrons. The van der Waals surface area contributed by atoms with Crippen LogP contribution in [0.25, 0.3) is 10.8 Å². The fraction of sp³-hybridized carbons (Fsp3) is 0.615. The highest BCUT2D eigenvalue weighted by atomic mass is 16.5. The summed E-state index contributed by atoms with van der Waals surface area (Å²) in [6, 6.07) is 6.38. The van der Waals surface area contributed by atoms with E-state index in [0.29, 0.717) is 25.6 Å². The van der Waals surface area contributed by atoms with Gasteiger partial charge in [-0.2, -0.15) is 0 Å². The molecule has 1 amide bonds. The summed E-state index contributed by atoms with van der Waals surface area (Å²) in [5.41, 5.74) is 2.21. The predicted molar refractivity (Wildman–Crippen MR) is 130 cm³/mol.